The van der Waals surface area contributed by atoms with E-state index in [0.29, 0.717) is 5.16 Å². The van der Waals surface area contributed by atoms with Crippen LogP contribution in [0.15, 0.2) is 9.95 Å². The topological polar surface area (TPSA) is 81.3 Å². The zero-order valence-corrected chi connectivity index (χ0v) is 10.4. The van der Waals surface area contributed by atoms with Crippen LogP contribution in [0, 0.1) is 0 Å². The Morgan fingerprint density at radius 3 is 2.80 bits per heavy atom. The van der Waals surface area contributed by atoms with Crippen LogP contribution in [-0.4, -0.2) is 22.2 Å². The van der Waals surface area contributed by atoms with Crippen molar-refractivity contribution in [3.8, 4) is 5.75 Å². The smallest absolute Gasteiger partial charge is 0.372 e. The minimum Gasteiger partial charge on any atom is -0.472 e. The number of H-pyrrole nitrogens is 1. The summed E-state index contributed by atoms with van der Waals surface area (Å²) in [5.74, 6) is -1.07. The molecule has 15 heavy (non-hydrogen) atoms. The summed E-state index contributed by atoms with van der Waals surface area (Å²) in [6.45, 7) is 0. The molecule has 0 aliphatic rings. The Hall–Kier alpha value is -0.720. The lowest BCUT2D eigenvalue weighted by Gasteiger charge is -2.04. The van der Waals surface area contributed by atoms with Crippen molar-refractivity contribution < 1.29 is 13.5 Å². The number of aromatic nitrogens is 2. The molecular formula is C6H7N2O4PS2. The van der Waals surface area contributed by atoms with Crippen LogP contribution in [0.25, 0.3) is 0 Å². The van der Waals surface area contributed by atoms with Crippen molar-refractivity contribution in [3.05, 3.63) is 16.0 Å². The van der Waals surface area contributed by atoms with Crippen LogP contribution < -0.4 is 10.1 Å². The van der Waals surface area contributed by atoms with E-state index < -0.39 is 11.5 Å². The van der Waals surface area contributed by atoms with Gasteiger partial charge in [-0.15, -0.1) is 0 Å². The molecule has 1 aromatic rings. The number of carbonyl (C=O) groups is 1. The Balaban J connectivity index is 3.39. The lowest BCUT2D eigenvalue weighted by Crippen LogP contribution is -2.17. The molecule has 0 fully saturated rings. The zero-order chi connectivity index (χ0) is 11.4. The second-order valence-electron chi connectivity index (χ2n) is 2.25. The van der Waals surface area contributed by atoms with Crippen molar-refractivity contribution in [3.63, 3.8) is 0 Å². The molecule has 0 aliphatic heterocycles. The first-order valence-corrected chi connectivity index (χ1v) is 5.61. The minimum absolute atomic E-state index is 0.215. The van der Waals surface area contributed by atoms with Gasteiger partial charge in [-0.1, -0.05) is 11.8 Å². The third kappa shape index (κ3) is 2.64. The number of hydrogen-bond donors (Lipinski definition) is 2. The summed E-state index contributed by atoms with van der Waals surface area (Å²) >= 11 is 4.52. The molecule has 1 unspecified atom stereocenters. The Morgan fingerprint density at radius 1 is 1.67 bits per heavy atom. The normalized spacial score (nSPS) is 9.80. The maximum atomic E-state index is 11.4. The van der Waals surface area contributed by atoms with Gasteiger partial charge in [0.25, 0.3) is 5.56 Å². The van der Waals surface area contributed by atoms with E-state index in [1.54, 1.807) is 6.26 Å². The number of rotatable bonds is 3. The molecule has 0 aromatic carbocycles. The molecule has 1 heterocycles. The van der Waals surface area contributed by atoms with E-state index in [4.69, 9.17) is 0 Å². The molecule has 6 nitrogen and oxygen atoms in total. The molecule has 82 valence electrons. The number of thiol groups is 1. The van der Waals surface area contributed by atoms with E-state index in [1.807, 2.05) is 9.47 Å². The summed E-state index contributed by atoms with van der Waals surface area (Å²) < 4.78 is 8.84. The van der Waals surface area contributed by atoms with Crippen molar-refractivity contribution in [1.29, 1.82) is 0 Å². The van der Waals surface area contributed by atoms with Crippen LogP contribution in [0.2, 0.25) is 0 Å². The quantitative estimate of drug-likeness (QED) is 0.275. The van der Waals surface area contributed by atoms with Gasteiger partial charge in [-0.2, -0.15) is 0 Å². The van der Waals surface area contributed by atoms with E-state index in [-0.39, 0.29) is 11.4 Å². The van der Waals surface area contributed by atoms with Crippen molar-refractivity contribution in [2.45, 2.75) is 5.16 Å². The van der Waals surface area contributed by atoms with Gasteiger partial charge in [0.2, 0.25) is 5.75 Å². The molecule has 0 bridgehead atoms. The van der Waals surface area contributed by atoms with Gasteiger partial charge in [0.15, 0.2) is 10.9 Å². The highest BCUT2D eigenvalue weighted by molar-refractivity contribution is 7.98. The highest BCUT2D eigenvalue weighted by Crippen LogP contribution is 2.17. The first kappa shape index (κ1) is 12.4. The van der Waals surface area contributed by atoms with Gasteiger partial charge in [0.1, 0.15) is 0 Å². The molecular weight excluding hydrogens is 259 g/mol. The Kier molecular flexibility index (Phi) is 4.44. The molecule has 1 atom stereocenters. The van der Waals surface area contributed by atoms with Gasteiger partial charge in [-0.3, -0.25) is 9.78 Å². The molecule has 0 saturated carbocycles. The van der Waals surface area contributed by atoms with Crippen LogP contribution >= 0.6 is 34.1 Å². The second-order valence-corrected chi connectivity index (χ2v) is 3.46. The Morgan fingerprint density at radius 2 is 2.33 bits per heavy atom. The van der Waals surface area contributed by atoms with Crippen molar-refractivity contribution in [2.24, 2.45) is 0 Å². The van der Waals surface area contributed by atoms with Crippen LogP contribution in [0.1, 0.15) is 10.5 Å². The molecule has 0 spiro atoms. The number of thioether (sulfide) groups is 1. The molecule has 9 heteroatoms. The number of carbonyl (C=O) groups excluding carboxylic acids is 1. The monoisotopic (exact) mass is 266 g/mol. The van der Waals surface area contributed by atoms with Gasteiger partial charge in [0.05, 0.1) is 9.47 Å². The number of hydrogen-bond acceptors (Lipinski definition) is 7. The van der Waals surface area contributed by atoms with Crippen molar-refractivity contribution >= 4 is 40.1 Å². The predicted molar refractivity (Wildman–Crippen MR) is 61.4 cm³/mol. The SMILES string of the molecule is CSc1nc(C(=O)OS)c(OP)c(=O)[nH]1. The van der Waals surface area contributed by atoms with Crippen molar-refractivity contribution in [2.75, 3.05) is 6.26 Å². The van der Waals surface area contributed by atoms with Gasteiger partial charge in [0, 0.05) is 12.9 Å². The number of nitrogens with one attached hydrogen (secondary N) is 1. The van der Waals surface area contributed by atoms with Gasteiger partial charge < -0.3 is 8.71 Å². The Bertz CT molecular complexity index is 436. The van der Waals surface area contributed by atoms with E-state index in [9.17, 15) is 9.59 Å². The summed E-state index contributed by atoms with van der Waals surface area (Å²) in [5.41, 5.74) is -0.772. The van der Waals surface area contributed by atoms with Crippen LogP contribution in [0.3, 0.4) is 0 Å². The minimum atomic E-state index is -0.850. The highest BCUT2D eigenvalue weighted by Gasteiger charge is 2.19. The summed E-state index contributed by atoms with van der Waals surface area (Å²) in [5, 5.41) is 0.291. The third-order valence-corrected chi connectivity index (χ3v) is 2.42. The predicted octanol–water partition coefficient (Wildman–Crippen LogP) is 0.662. The van der Waals surface area contributed by atoms with E-state index in [0.717, 1.165) is 0 Å². The fourth-order valence-corrected chi connectivity index (χ4v) is 1.51. The lowest BCUT2D eigenvalue weighted by molar-refractivity contribution is 0.0763. The van der Waals surface area contributed by atoms with Gasteiger partial charge in [-0.25, -0.2) is 9.78 Å². The first-order valence-electron chi connectivity index (χ1n) is 3.54. The molecule has 0 saturated heterocycles. The average Bonchev–Trinajstić information content (AvgIpc) is 2.26. The molecule has 0 radical (unpaired) electrons. The molecule has 1 rings (SSSR count). The van der Waals surface area contributed by atoms with E-state index >= 15 is 0 Å². The van der Waals surface area contributed by atoms with Crippen LogP contribution in [0.4, 0.5) is 0 Å². The van der Waals surface area contributed by atoms with Gasteiger partial charge >= 0.3 is 5.97 Å². The van der Waals surface area contributed by atoms with Crippen LogP contribution in [-0.2, 0) is 4.18 Å². The molecule has 0 aliphatic carbocycles. The summed E-state index contributed by atoms with van der Waals surface area (Å²) in [7, 11) is 1.86. The lowest BCUT2D eigenvalue weighted by atomic mass is 10.4. The fraction of sp³-hybridized carbons (Fsp3) is 0.167. The number of aromatic amines is 1. The standard InChI is InChI=1S/C6H7N2O4PS2/c1-15-6-7-2(5(10)12-14)3(11-13)4(9)8-6/h14H,13H2,1H3,(H,7,8,9). The van der Waals surface area contributed by atoms with Crippen molar-refractivity contribution in [1.82, 2.24) is 9.97 Å². The largest absolute Gasteiger partial charge is 0.472 e. The zero-order valence-electron chi connectivity index (χ0n) is 7.51. The molecule has 1 aromatic heterocycles. The second kappa shape index (κ2) is 5.39. The maximum absolute atomic E-state index is 11.4. The fourth-order valence-electron chi connectivity index (χ4n) is 0.829. The highest BCUT2D eigenvalue weighted by atomic mass is 32.2. The third-order valence-electron chi connectivity index (χ3n) is 1.44. The van der Waals surface area contributed by atoms with E-state index in [1.165, 1.54) is 11.8 Å². The summed E-state index contributed by atoms with van der Waals surface area (Å²) in [4.78, 5) is 28.9. The average molecular weight is 266 g/mol. The molecule has 0 amide bonds. The first-order chi connectivity index (χ1) is 7.13. The van der Waals surface area contributed by atoms with Crippen LogP contribution in [0.5, 0.6) is 5.75 Å². The maximum Gasteiger partial charge on any atom is 0.372 e. The van der Waals surface area contributed by atoms with E-state index in [2.05, 4.69) is 31.6 Å². The van der Waals surface area contributed by atoms with Gasteiger partial charge in [-0.05, 0) is 6.26 Å². The molecule has 1 N–H and O–H groups in total. The summed E-state index contributed by atoms with van der Waals surface area (Å²) in [6, 6.07) is 0. The Labute approximate surface area is 97.1 Å². The number of nitrogens with zero attached hydrogens (tertiary/aromatic N) is 1. The summed E-state index contributed by atoms with van der Waals surface area (Å²) in [6.07, 6.45) is 1.70.